The van der Waals surface area contributed by atoms with Crippen LogP contribution in [0.25, 0.3) is 6.08 Å². The lowest BCUT2D eigenvalue weighted by molar-refractivity contribution is -0.114. The zero-order valence-corrected chi connectivity index (χ0v) is 14.4. The van der Waals surface area contributed by atoms with Gasteiger partial charge in [0, 0.05) is 0 Å². The standard InChI is InChI=1S/C18H11F5N2O3/c1-7-9(5-8-3-4-10(26)11(6-8)28-2)18(27)25(24-7)17-15(22)13(20)12(19)14(21)16(17)23/h3-6,26H,1-2H3/b9-5+. The third-order valence-electron chi connectivity index (χ3n) is 3.98. The van der Waals surface area contributed by atoms with Gasteiger partial charge in [0.15, 0.2) is 34.8 Å². The van der Waals surface area contributed by atoms with E-state index < -0.39 is 40.7 Å². The van der Waals surface area contributed by atoms with Crippen LogP contribution in [0.2, 0.25) is 0 Å². The molecule has 5 nitrogen and oxygen atoms in total. The highest BCUT2D eigenvalue weighted by molar-refractivity contribution is 6.32. The molecule has 1 aliphatic heterocycles. The number of methoxy groups -OCH3 is 1. The smallest absolute Gasteiger partial charge is 0.280 e. The van der Waals surface area contributed by atoms with E-state index in [9.17, 15) is 31.9 Å². The Morgan fingerprint density at radius 1 is 1.04 bits per heavy atom. The highest BCUT2D eigenvalue weighted by atomic mass is 19.2. The Kier molecular flexibility index (Phi) is 4.80. The fraction of sp³-hybridized carbons (Fsp3) is 0.111. The number of phenols is 1. The number of ether oxygens (including phenoxy) is 1. The Morgan fingerprint density at radius 2 is 1.61 bits per heavy atom. The molecule has 1 amide bonds. The first-order valence-corrected chi connectivity index (χ1v) is 7.67. The van der Waals surface area contributed by atoms with E-state index in [0.29, 0.717) is 5.56 Å². The summed E-state index contributed by atoms with van der Waals surface area (Å²) in [5.41, 5.74) is -1.25. The summed E-state index contributed by atoms with van der Waals surface area (Å²) in [6, 6.07) is 4.09. The van der Waals surface area contributed by atoms with E-state index in [1.165, 1.54) is 38.3 Å². The van der Waals surface area contributed by atoms with Crippen LogP contribution in [0.15, 0.2) is 28.9 Å². The van der Waals surface area contributed by atoms with E-state index in [1.54, 1.807) is 0 Å². The Balaban J connectivity index is 2.08. The molecule has 10 heteroatoms. The monoisotopic (exact) mass is 398 g/mol. The third-order valence-corrected chi connectivity index (χ3v) is 3.98. The van der Waals surface area contributed by atoms with Gasteiger partial charge in [0.05, 0.1) is 18.4 Å². The van der Waals surface area contributed by atoms with Gasteiger partial charge in [-0.15, -0.1) is 0 Å². The zero-order chi connectivity index (χ0) is 20.7. The van der Waals surface area contributed by atoms with Crippen LogP contribution in [0.4, 0.5) is 27.6 Å². The first kappa shape index (κ1) is 19.3. The Bertz CT molecular complexity index is 1040. The van der Waals surface area contributed by atoms with Crippen LogP contribution < -0.4 is 9.75 Å². The number of benzene rings is 2. The van der Waals surface area contributed by atoms with Gasteiger partial charge >= 0.3 is 0 Å². The number of rotatable bonds is 3. The average Bonchev–Trinajstić information content (AvgIpc) is 2.94. The molecule has 146 valence electrons. The largest absolute Gasteiger partial charge is 0.504 e. The van der Waals surface area contributed by atoms with E-state index in [1.807, 2.05) is 0 Å². The molecule has 0 aromatic heterocycles. The Hall–Kier alpha value is -3.43. The second-order valence-corrected chi connectivity index (χ2v) is 5.71. The van der Waals surface area contributed by atoms with Crippen LogP contribution in [0.1, 0.15) is 12.5 Å². The maximum atomic E-state index is 14.0. The van der Waals surface area contributed by atoms with Gasteiger partial charge < -0.3 is 9.84 Å². The normalized spacial score (nSPS) is 15.4. The molecular weight excluding hydrogens is 387 g/mol. The number of aromatic hydroxyl groups is 1. The molecule has 0 saturated heterocycles. The Labute approximate surface area is 155 Å². The summed E-state index contributed by atoms with van der Waals surface area (Å²) in [6.07, 6.45) is 1.27. The topological polar surface area (TPSA) is 62.1 Å². The summed E-state index contributed by atoms with van der Waals surface area (Å²) in [5.74, 6) is -12.2. The van der Waals surface area contributed by atoms with Crippen LogP contribution >= 0.6 is 0 Å². The van der Waals surface area contributed by atoms with Crippen molar-refractivity contribution < 1.29 is 36.6 Å². The summed E-state index contributed by atoms with van der Waals surface area (Å²) >= 11 is 0. The number of nitrogens with zero attached hydrogens (tertiary/aromatic N) is 2. The number of carbonyl (C=O) groups excluding carboxylic acids is 1. The van der Waals surface area contributed by atoms with Gasteiger partial charge in [-0.05, 0) is 30.7 Å². The molecule has 0 radical (unpaired) electrons. The van der Waals surface area contributed by atoms with E-state index >= 15 is 0 Å². The van der Waals surface area contributed by atoms with E-state index in [4.69, 9.17) is 4.74 Å². The van der Waals surface area contributed by atoms with E-state index in [2.05, 4.69) is 5.10 Å². The van der Waals surface area contributed by atoms with Crippen molar-refractivity contribution in [3.63, 3.8) is 0 Å². The van der Waals surface area contributed by atoms with Crippen LogP contribution in [0.5, 0.6) is 11.5 Å². The van der Waals surface area contributed by atoms with E-state index in [0.717, 1.165) is 0 Å². The molecule has 0 fully saturated rings. The predicted molar refractivity (Wildman–Crippen MR) is 89.5 cm³/mol. The molecule has 0 spiro atoms. The summed E-state index contributed by atoms with van der Waals surface area (Å²) < 4.78 is 73.1. The molecule has 3 rings (SSSR count). The number of hydrogen-bond donors (Lipinski definition) is 1. The quantitative estimate of drug-likeness (QED) is 0.369. The van der Waals surface area contributed by atoms with Crippen molar-refractivity contribution in [1.82, 2.24) is 0 Å². The minimum absolute atomic E-state index is 0.0130. The average molecular weight is 398 g/mol. The second kappa shape index (κ2) is 6.95. The van der Waals surface area contributed by atoms with Crippen LogP contribution in [0.3, 0.4) is 0 Å². The highest BCUT2D eigenvalue weighted by Crippen LogP contribution is 2.34. The van der Waals surface area contributed by atoms with Crippen molar-refractivity contribution in [2.24, 2.45) is 5.10 Å². The number of hydrazone groups is 1. The highest BCUT2D eigenvalue weighted by Gasteiger charge is 2.37. The molecule has 28 heavy (non-hydrogen) atoms. The SMILES string of the molecule is COc1cc(/C=C2/C(=O)N(c3c(F)c(F)c(F)c(F)c3F)N=C2C)ccc1O. The lowest BCUT2D eigenvalue weighted by Crippen LogP contribution is -2.25. The van der Waals surface area contributed by atoms with Crippen molar-refractivity contribution >= 4 is 23.4 Å². The van der Waals surface area contributed by atoms with Crippen LogP contribution in [-0.2, 0) is 4.79 Å². The number of phenolic OH excluding ortho intramolecular Hbond substituents is 1. The molecular formula is C18H11F5N2O3. The van der Waals surface area contributed by atoms with Crippen molar-refractivity contribution in [2.45, 2.75) is 6.92 Å². The van der Waals surface area contributed by atoms with Gasteiger partial charge in [-0.2, -0.15) is 10.1 Å². The Morgan fingerprint density at radius 3 is 2.18 bits per heavy atom. The summed E-state index contributed by atoms with van der Waals surface area (Å²) in [6.45, 7) is 1.33. The number of halogens is 5. The first-order chi connectivity index (χ1) is 13.2. The van der Waals surface area contributed by atoms with Crippen LogP contribution in [0, 0.1) is 29.1 Å². The maximum absolute atomic E-state index is 14.0. The fourth-order valence-corrected chi connectivity index (χ4v) is 2.57. The number of hydrogen-bond acceptors (Lipinski definition) is 4. The van der Waals surface area contributed by atoms with Gasteiger partial charge in [0.2, 0.25) is 5.82 Å². The fourth-order valence-electron chi connectivity index (χ4n) is 2.57. The lowest BCUT2D eigenvalue weighted by Gasteiger charge is -2.15. The second-order valence-electron chi connectivity index (χ2n) is 5.71. The molecule has 0 saturated carbocycles. The summed E-state index contributed by atoms with van der Waals surface area (Å²) in [7, 11) is 1.31. The van der Waals surface area contributed by atoms with Crippen molar-refractivity contribution in [3.8, 4) is 11.5 Å². The minimum atomic E-state index is -2.34. The molecule has 2 aromatic rings. The van der Waals surface area contributed by atoms with Gasteiger partial charge in [0.1, 0.15) is 5.69 Å². The predicted octanol–water partition coefficient (Wildman–Crippen LogP) is 3.90. The zero-order valence-electron chi connectivity index (χ0n) is 14.4. The summed E-state index contributed by atoms with van der Waals surface area (Å²) in [4.78, 5) is 12.5. The van der Waals surface area contributed by atoms with Crippen molar-refractivity contribution in [2.75, 3.05) is 12.1 Å². The van der Waals surface area contributed by atoms with Gasteiger partial charge in [-0.1, -0.05) is 6.07 Å². The molecule has 0 atom stereocenters. The third kappa shape index (κ3) is 2.96. The van der Waals surface area contributed by atoms with Crippen LogP contribution in [-0.4, -0.2) is 23.8 Å². The molecule has 2 aromatic carbocycles. The molecule has 1 aliphatic rings. The minimum Gasteiger partial charge on any atom is -0.504 e. The maximum Gasteiger partial charge on any atom is 0.280 e. The summed E-state index contributed by atoms with van der Waals surface area (Å²) in [5, 5.41) is 13.3. The molecule has 0 unspecified atom stereocenters. The number of carbonyl (C=O) groups is 1. The van der Waals surface area contributed by atoms with Gasteiger partial charge in [-0.3, -0.25) is 4.79 Å². The number of anilines is 1. The molecule has 0 aliphatic carbocycles. The van der Waals surface area contributed by atoms with Gasteiger partial charge in [-0.25, -0.2) is 22.0 Å². The van der Waals surface area contributed by atoms with E-state index in [-0.39, 0.29) is 27.8 Å². The lowest BCUT2D eigenvalue weighted by atomic mass is 10.1. The van der Waals surface area contributed by atoms with Gasteiger partial charge in [0.25, 0.3) is 5.91 Å². The first-order valence-electron chi connectivity index (χ1n) is 7.67. The molecule has 0 bridgehead atoms. The number of amides is 1. The molecule has 1 N–H and O–H groups in total. The molecule has 1 heterocycles. The van der Waals surface area contributed by atoms with Crippen molar-refractivity contribution in [1.29, 1.82) is 0 Å². The van der Waals surface area contributed by atoms with Crippen molar-refractivity contribution in [3.05, 3.63) is 58.4 Å².